The first-order valence-electron chi connectivity index (χ1n) is 4.72. The maximum absolute atomic E-state index is 10.4. The monoisotopic (exact) mass is 189 g/mol. The van der Waals surface area contributed by atoms with Crippen LogP contribution in [0.5, 0.6) is 0 Å². The lowest BCUT2D eigenvalue weighted by Crippen LogP contribution is -2.24. The van der Waals surface area contributed by atoms with Crippen molar-refractivity contribution in [1.82, 2.24) is 5.32 Å². The molecule has 1 N–H and O–H groups in total. The first-order valence-corrected chi connectivity index (χ1v) is 5.10. The van der Waals surface area contributed by atoms with Crippen molar-refractivity contribution in [3.63, 3.8) is 0 Å². The van der Waals surface area contributed by atoms with E-state index in [4.69, 9.17) is 11.6 Å². The number of carbonyl (C=O) groups excluding carboxylic acids is 1. The van der Waals surface area contributed by atoms with E-state index in [1.54, 1.807) is 0 Å². The molecule has 70 valence electrons. The van der Waals surface area contributed by atoms with Gasteiger partial charge in [-0.15, -0.1) is 0 Å². The minimum absolute atomic E-state index is 0.417. The lowest BCUT2D eigenvalue weighted by Gasteiger charge is -2.12. The molecule has 0 unspecified atom stereocenters. The average Bonchev–Trinajstić information content (AvgIpc) is 2.28. The van der Waals surface area contributed by atoms with Gasteiger partial charge in [-0.3, -0.25) is 4.79 Å². The van der Waals surface area contributed by atoms with Crippen LogP contribution in [0.3, 0.4) is 0 Å². The summed E-state index contributed by atoms with van der Waals surface area (Å²) in [6.45, 7) is 0.766. The van der Waals surface area contributed by atoms with Crippen molar-refractivity contribution in [1.29, 1.82) is 0 Å². The largest absolute Gasteiger partial charge is 0.342 e. The van der Waals surface area contributed by atoms with Crippen molar-refractivity contribution in [3.05, 3.63) is 0 Å². The second-order valence-electron chi connectivity index (χ2n) is 3.51. The Morgan fingerprint density at radius 3 is 2.33 bits per heavy atom. The van der Waals surface area contributed by atoms with Crippen LogP contribution < -0.4 is 5.32 Å². The van der Waals surface area contributed by atoms with E-state index in [0.29, 0.717) is 5.92 Å². The normalized spacial score (nSPS) is 20.1. The maximum atomic E-state index is 10.4. The van der Waals surface area contributed by atoms with Gasteiger partial charge < -0.3 is 5.32 Å². The minimum Gasteiger partial charge on any atom is -0.342 e. The summed E-state index contributed by atoms with van der Waals surface area (Å²) in [6.07, 6.45) is 7.82. The van der Waals surface area contributed by atoms with Crippen LogP contribution in [0.4, 0.5) is 4.79 Å². The van der Waals surface area contributed by atoms with Crippen LogP contribution in [-0.4, -0.2) is 11.9 Å². The van der Waals surface area contributed by atoms with Gasteiger partial charge in [0.15, 0.2) is 0 Å². The van der Waals surface area contributed by atoms with E-state index >= 15 is 0 Å². The Morgan fingerprint density at radius 2 is 1.83 bits per heavy atom. The third-order valence-corrected chi connectivity index (χ3v) is 2.64. The fraction of sp³-hybridized carbons (Fsp3) is 0.889. The summed E-state index contributed by atoms with van der Waals surface area (Å²) in [5.41, 5.74) is 0. The lowest BCUT2D eigenvalue weighted by molar-refractivity contribution is 0.257. The molecule has 1 amide bonds. The molecule has 12 heavy (non-hydrogen) atoms. The topological polar surface area (TPSA) is 29.1 Å². The summed E-state index contributed by atoms with van der Waals surface area (Å²) in [5, 5.41) is 2.25. The smallest absolute Gasteiger partial charge is 0.313 e. The van der Waals surface area contributed by atoms with Crippen molar-refractivity contribution in [2.75, 3.05) is 6.54 Å². The highest BCUT2D eigenvalue weighted by molar-refractivity contribution is 6.62. The van der Waals surface area contributed by atoms with Gasteiger partial charge in [0.1, 0.15) is 0 Å². The predicted molar refractivity (Wildman–Crippen MR) is 50.4 cm³/mol. The van der Waals surface area contributed by atoms with Gasteiger partial charge >= 0.3 is 5.37 Å². The first kappa shape index (κ1) is 9.85. The summed E-state index contributed by atoms with van der Waals surface area (Å²) < 4.78 is 0. The first-order chi connectivity index (χ1) is 5.79. The van der Waals surface area contributed by atoms with Crippen molar-refractivity contribution in [2.24, 2.45) is 5.92 Å². The second kappa shape index (κ2) is 5.41. The Balaban J connectivity index is 2.16. The van der Waals surface area contributed by atoms with Gasteiger partial charge in [-0.1, -0.05) is 25.7 Å². The molecule has 2 nitrogen and oxygen atoms in total. The zero-order valence-corrected chi connectivity index (χ0v) is 8.07. The van der Waals surface area contributed by atoms with Crippen LogP contribution in [0.2, 0.25) is 0 Å². The Morgan fingerprint density at radius 1 is 1.25 bits per heavy atom. The third kappa shape index (κ3) is 3.96. The molecular weight excluding hydrogens is 174 g/mol. The highest BCUT2D eigenvalue weighted by Crippen LogP contribution is 2.21. The van der Waals surface area contributed by atoms with Gasteiger partial charge in [0.05, 0.1) is 0 Å². The summed E-state index contributed by atoms with van der Waals surface area (Å²) in [7, 11) is 0. The van der Waals surface area contributed by atoms with Gasteiger partial charge in [-0.05, 0) is 30.4 Å². The van der Waals surface area contributed by atoms with Crippen LogP contribution >= 0.6 is 11.6 Å². The Kier molecular flexibility index (Phi) is 4.44. The van der Waals surface area contributed by atoms with E-state index in [0.717, 1.165) is 6.54 Å². The number of amides is 1. The van der Waals surface area contributed by atoms with E-state index < -0.39 is 5.37 Å². The number of halogens is 1. The fourth-order valence-corrected chi connectivity index (χ4v) is 1.87. The van der Waals surface area contributed by atoms with Gasteiger partial charge in [-0.2, -0.15) is 0 Å². The molecular formula is C9H16ClNO. The third-order valence-electron chi connectivity index (χ3n) is 2.50. The molecule has 0 atom stereocenters. The molecule has 0 radical (unpaired) electrons. The molecule has 0 aliphatic heterocycles. The molecule has 1 aliphatic rings. The fourth-order valence-electron chi connectivity index (χ4n) is 1.79. The molecule has 0 saturated heterocycles. The van der Waals surface area contributed by atoms with Crippen LogP contribution in [0.1, 0.15) is 38.5 Å². The van der Waals surface area contributed by atoms with Crippen molar-refractivity contribution < 1.29 is 4.79 Å². The van der Waals surface area contributed by atoms with E-state index in [1.165, 1.54) is 38.5 Å². The van der Waals surface area contributed by atoms with Crippen LogP contribution in [0.15, 0.2) is 0 Å². The molecule has 0 aromatic rings. The molecule has 1 saturated carbocycles. The summed E-state index contributed by atoms with van der Waals surface area (Å²) in [5.74, 6) is 0.662. The Labute approximate surface area is 78.7 Å². The minimum atomic E-state index is -0.417. The number of nitrogens with one attached hydrogen (secondary N) is 1. The van der Waals surface area contributed by atoms with Crippen LogP contribution in [-0.2, 0) is 0 Å². The van der Waals surface area contributed by atoms with E-state index in [1.807, 2.05) is 0 Å². The van der Waals surface area contributed by atoms with Gasteiger partial charge in [-0.25, -0.2) is 0 Å². The number of carbonyl (C=O) groups is 1. The standard InChI is InChI=1S/C9H16ClNO/c10-9(12)11-7-8-5-3-1-2-4-6-8/h8H,1-7H2,(H,11,12). The molecule has 0 bridgehead atoms. The Bertz CT molecular complexity index is 141. The molecule has 1 fully saturated rings. The molecule has 0 spiro atoms. The zero-order valence-electron chi connectivity index (χ0n) is 7.31. The van der Waals surface area contributed by atoms with Crippen molar-refractivity contribution in [3.8, 4) is 0 Å². The van der Waals surface area contributed by atoms with E-state index in [-0.39, 0.29) is 0 Å². The number of hydrogen-bond donors (Lipinski definition) is 1. The van der Waals surface area contributed by atoms with Gasteiger partial charge in [0.2, 0.25) is 0 Å². The predicted octanol–water partition coefficient (Wildman–Crippen LogP) is 2.91. The summed E-state index contributed by atoms with van der Waals surface area (Å²) >= 11 is 5.19. The Hall–Kier alpha value is -0.240. The lowest BCUT2D eigenvalue weighted by atomic mass is 10.0. The molecule has 3 heteroatoms. The summed E-state index contributed by atoms with van der Waals surface area (Å²) in [6, 6.07) is 0. The van der Waals surface area contributed by atoms with Gasteiger partial charge in [0, 0.05) is 6.54 Å². The average molecular weight is 190 g/mol. The molecule has 0 aromatic heterocycles. The molecule has 1 aliphatic carbocycles. The SMILES string of the molecule is O=C(Cl)NCC1CCCCCC1. The van der Waals surface area contributed by atoms with Gasteiger partial charge in [0.25, 0.3) is 0 Å². The summed E-state index contributed by atoms with van der Waals surface area (Å²) in [4.78, 5) is 10.4. The number of hydrogen-bond acceptors (Lipinski definition) is 1. The highest BCUT2D eigenvalue weighted by atomic mass is 35.5. The molecule has 0 heterocycles. The molecule has 0 aromatic carbocycles. The highest BCUT2D eigenvalue weighted by Gasteiger charge is 2.12. The maximum Gasteiger partial charge on any atom is 0.313 e. The van der Waals surface area contributed by atoms with Crippen molar-refractivity contribution in [2.45, 2.75) is 38.5 Å². The van der Waals surface area contributed by atoms with E-state index in [2.05, 4.69) is 5.32 Å². The molecule has 1 rings (SSSR count). The van der Waals surface area contributed by atoms with Crippen molar-refractivity contribution >= 4 is 17.0 Å². The van der Waals surface area contributed by atoms with E-state index in [9.17, 15) is 4.79 Å². The quantitative estimate of drug-likeness (QED) is 0.404. The zero-order chi connectivity index (χ0) is 8.81. The second-order valence-corrected chi connectivity index (χ2v) is 3.86. The number of rotatable bonds is 2. The van der Waals surface area contributed by atoms with Crippen LogP contribution in [0, 0.1) is 5.92 Å². The van der Waals surface area contributed by atoms with Crippen LogP contribution in [0.25, 0.3) is 0 Å².